The van der Waals surface area contributed by atoms with E-state index in [0.29, 0.717) is 11.5 Å². The fraction of sp³-hybridized carbons (Fsp3) is 0.250. The molecule has 0 amide bonds. The van der Waals surface area contributed by atoms with Gasteiger partial charge in [0.15, 0.2) is 0 Å². The molecule has 4 rings (SSSR count). The van der Waals surface area contributed by atoms with Gasteiger partial charge in [-0.05, 0) is 54.6 Å². The monoisotopic (exact) mass is 369 g/mol. The van der Waals surface area contributed by atoms with Gasteiger partial charge in [0, 0.05) is 10.6 Å². The van der Waals surface area contributed by atoms with Crippen molar-refractivity contribution in [1.29, 1.82) is 0 Å². The van der Waals surface area contributed by atoms with Gasteiger partial charge in [0.25, 0.3) is 0 Å². The molecule has 0 atom stereocenters. The Bertz CT molecular complexity index is 936. The summed E-state index contributed by atoms with van der Waals surface area (Å²) in [4.78, 5) is 10.5. The van der Waals surface area contributed by atoms with Gasteiger partial charge in [-0.15, -0.1) is 11.3 Å². The Kier molecular flexibility index (Phi) is 3.65. The number of alkyl halides is 3. The molecule has 0 radical (unpaired) electrons. The molecular weight excluding hydrogens is 359 g/mol. The average Bonchev–Trinajstić information content (AvgIpc) is 3.06. The molecule has 0 spiro atoms. The highest BCUT2D eigenvalue weighted by Gasteiger charge is 2.30. The van der Waals surface area contributed by atoms with Crippen LogP contribution in [0.2, 0.25) is 5.28 Å². The molecular formula is C16H11ClF3N3S. The number of rotatable bonds is 2. The quantitative estimate of drug-likeness (QED) is 0.598. The number of anilines is 2. The van der Waals surface area contributed by atoms with Crippen molar-refractivity contribution in [3.8, 4) is 0 Å². The van der Waals surface area contributed by atoms with Gasteiger partial charge in [-0.3, -0.25) is 0 Å². The van der Waals surface area contributed by atoms with Crippen LogP contribution in [0.25, 0.3) is 10.2 Å². The Hall–Kier alpha value is -1.86. The summed E-state index contributed by atoms with van der Waals surface area (Å²) >= 11 is 7.56. The molecule has 0 bridgehead atoms. The second kappa shape index (κ2) is 5.60. The Morgan fingerprint density at radius 1 is 1.17 bits per heavy atom. The number of hydrogen-bond donors (Lipinski definition) is 1. The van der Waals surface area contributed by atoms with Crippen LogP contribution in [0.1, 0.15) is 22.4 Å². The third-order valence-corrected chi connectivity index (χ3v) is 5.34. The lowest BCUT2D eigenvalue weighted by Gasteiger charge is -2.11. The lowest BCUT2D eigenvalue weighted by molar-refractivity contribution is -0.137. The van der Waals surface area contributed by atoms with Gasteiger partial charge >= 0.3 is 6.18 Å². The van der Waals surface area contributed by atoms with Crippen molar-refractivity contribution in [3.05, 3.63) is 45.6 Å². The summed E-state index contributed by atoms with van der Waals surface area (Å²) in [7, 11) is 0. The number of nitrogens with zero attached hydrogens (tertiary/aromatic N) is 2. The molecule has 0 unspecified atom stereocenters. The van der Waals surface area contributed by atoms with Crippen molar-refractivity contribution in [1.82, 2.24) is 9.97 Å². The molecule has 1 aliphatic rings. The van der Waals surface area contributed by atoms with Crippen molar-refractivity contribution in [3.63, 3.8) is 0 Å². The van der Waals surface area contributed by atoms with E-state index < -0.39 is 11.7 Å². The summed E-state index contributed by atoms with van der Waals surface area (Å²) < 4.78 is 38.6. The second-order valence-electron chi connectivity index (χ2n) is 5.58. The highest BCUT2D eigenvalue weighted by atomic mass is 35.5. The highest BCUT2D eigenvalue weighted by Crippen LogP contribution is 2.41. The second-order valence-corrected chi connectivity index (χ2v) is 7.00. The SMILES string of the molecule is FC(F)(F)c1cccc(Nc2nc(Cl)nc3sc4c(c23)CCC4)c1. The maximum absolute atomic E-state index is 12.9. The van der Waals surface area contributed by atoms with Gasteiger partial charge in [-0.25, -0.2) is 4.98 Å². The maximum atomic E-state index is 12.9. The molecule has 124 valence electrons. The first-order chi connectivity index (χ1) is 11.4. The fourth-order valence-corrected chi connectivity index (χ4v) is 4.45. The number of fused-ring (bicyclic) bond motifs is 3. The van der Waals surface area contributed by atoms with Crippen LogP contribution in [0.3, 0.4) is 0 Å². The van der Waals surface area contributed by atoms with Crippen LogP contribution in [0.5, 0.6) is 0 Å². The number of benzene rings is 1. The van der Waals surface area contributed by atoms with Gasteiger partial charge < -0.3 is 5.32 Å². The van der Waals surface area contributed by atoms with Crippen molar-refractivity contribution < 1.29 is 13.2 Å². The summed E-state index contributed by atoms with van der Waals surface area (Å²) in [6.07, 6.45) is -1.39. The molecule has 1 N–H and O–H groups in total. The Labute approximate surface area is 144 Å². The van der Waals surface area contributed by atoms with E-state index in [0.717, 1.165) is 41.6 Å². The average molecular weight is 370 g/mol. The number of aryl methyl sites for hydroxylation is 2. The number of nitrogens with one attached hydrogen (secondary N) is 1. The predicted octanol–water partition coefficient (Wildman–Crippen LogP) is 5.60. The lowest BCUT2D eigenvalue weighted by Crippen LogP contribution is -2.05. The van der Waals surface area contributed by atoms with Gasteiger partial charge in [-0.2, -0.15) is 18.2 Å². The van der Waals surface area contributed by atoms with E-state index in [-0.39, 0.29) is 5.28 Å². The van der Waals surface area contributed by atoms with E-state index in [1.54, 1.807) is 17.4 Å². The Balaban J connectivity index is 1.80. The molecule has 0 saturated carbocycles. The first-order valence-corrected chi connectivity index (χ1v) is 8.53. The van der Waals surface area contributed by atoms with E-state index in [1.165, 1.54) is 16.5 Å². The lowest BCUT2D eigenvalue weighted by atomic mass is 10.1. The summed E-state index contributed by atoms with van der Waals surface area (Å²) in [5.41, 5.74) is 0.791. The summed E-state index contributed by atoms with van der Waals surface area (Å²) in [6.45, 7) is 0. The van der Waals surface area contributed by atoms with Crippen molar-refractivity contribution in [2.24, 2.45) is 0 Å². The Morgan fingerprint density at radius 3 is 2.79 bits per heavy atom. The summed E-state index contributed by atoms with van der Waals surface area (Å²) in [5.74, 6) is 0.462. The molecule has 3 nitrogen and oxygen atoms in total. The summed E-state index contributed by atoms with van der Waals surface area (Å²) in [6, 6.07) is 5.04. The Morgan fingerprint density at radius 2 is 2.00 bits per heavy atom. The smallest absolute Gasteiger partial charge is 0.340 e. The first-order valence-electron chi connectivity index (χ1n) is 7.34. The minimum absolute atomic E-state index is 0.0805. The van der Waals surface area contributed by atoms with Crippen molar-refractivity contribution in [2.45, 2.75) is 25.4 Å². The van der Waals surface area contributed by atoms with E-state index in [9.17, 15) is 13.2 Å². The van der Waals surface area contributed by atoms with E-state index in [2.05, 4.69) is 15.3 Å². The standard InChI is InChI=1S/C16H11ClF3N3S/c17-15-22-13(12-10-5-2-6-11(10)24-14(12)23-15)21-9-4-1-3-8(7-9)16(18,19)20/h1,3-4,7H,2,5-6H2,(H,21,22,23). The van der Waals surface area contributed by atoms with Crippen LogP contribution in [-0.4, -0.2) is 9.97 Å². The van der Waals surface area contributed by atoms with E-state index in [4.69, 9.17) is 11.6 Å². The van der Waals surface area contributed by atoms with Crippen molar-refractivity contribution in [2.75, 3.05) is 5.32 Å². The predicted molar refractivity (Wildman–Crippen MR) is 89.2 cm³/mol. The van der Waals surface area contributed by atoms with E-state index in [1.807, 2.05) is 0 Å². The molecule has 8 heteroatoms. The maximum Gasteiger partial charge on any atom is 0.416 e. The molecule has 24 heavy (non-hydrogen) atoms. The zero-order valence-corrected chi connectivity index (χ0v) is 13.8. The van der Waals surface area contributed by atoms with Crippen LogP contribution in [-0.2, 0) is 19.0 Å². The molecule has 0 aliphatic heterocycles. The number of thiophene rings is 1. The fourth-order valence-electron chi connectivity index (χ4n) is 2.97. The minimum atomic E-state index is -4.39. The van der Waals surface area contributed by atoms with Crippen LogP contribution in [0.15, 0.2) is 24.3 Å². The minimum Gasteiger partial charge on any atom is -0.340 e. The molecule has 1 aliphatic carbocycles. The molecule has 1 aromatic carbocycles. The van der Waals surface area contributed by atoms with Gasteiger partial charge in [0.2, 0.25) is 5.28 Å². The first kappa shape index (κ1) is 15.7. The van der Waals surface area contributed by atoms with E-state index >= 15 is 0 Å². The largest absolute Gasteiger partial charge is 0.416 e. The van der Waals surface area contributed by atoms with Gasteiger partial charge in [-0.1, -0.05) is 6.07 Å². The van der Waals surface area contributed by atoms with Gasteiger partial charge in [0.1, 0.15) is 10.6 Å². The third kappa shape index (κ3) is 2.71. The topological polar surface area (TPSA) is 37.8 Å². The van der Waals surface area contributed by atoms with Crippen LogP contribution >= 0.6 is 22.9 Å². The molecule has 0 fully saturated rings. The number of halogens is 4. The van der Waals surface area contributed by atoms with Crippen LogP contribution < -0.4 is 5.32 Å². The van der Waals surface area contributed by atoms with Crippen LogP contribution in [0, 0.1) is 0 Å². The van der Waals surface area contributed by atoms with Crippen molar-refractivity contribution >= 4 is 44.7 Å². The summed E-state index contributed by atoms with van der Waals surface area (Å²) in [5, 5.41) is 3.94. The molecule has 2 aromatic heterocycles. The zero-order valence-electron chi connectivity index (χ0n) is 12.2. The number of hydrogen-bond acceptors (Lipinski definition) is 4. The van der Waals surface area contributed by atoms with Gasteiger partial charge in [0.05, 0.1) is 10.9 Å². The molecule has 3 aromatic rings. The molecule has 2 heterocycles. The molecule has 0 saturated heterocycles. The number of aromatic nitrogens is 2. The zero-order chi connectivity index (χ0) is 16.9. The normalized spacial score (nSPS) is 14.2. The third-order valence-electron chi connectivity index (χ3n) is 3.99. The van der Waals surface area contributed by atoms with Crippen LogP contribution in [0.4, 0.5) is 24.7 Å². The highest BCUT2D eigenvalue weighted by molar-refractivity contribution is 7.19.